The highest BCUT2D eigenvalue weighted by Gasteiger charge is 2.15. The number of carbonyl (C=O) groups is 1. The first-order valence-corrected chi connectivity index (χ1v) is 6.74. The van der Waals surface area contributed by atoms with Crippen molar-refractivity contribution >= 4 is 17.1 Å². The number of ketones is 1. The summed E-state index contributed by atoms with van der Waals surface area (Å²) in [5.41, 5.74) is 0. The highest BCUT2D eigenvalue weighted by molar-refractivity contribution is 7.09. The van der Waals surface area contributed by atoms with Crippen molar-refractivity contribution < 1.29 is 9.53 Å². The third kappa shape index (κ3) is 3.68. The normalized spacial score (nSPS) is 20.9. The third-order valence-electron chi connectivity index (χ3n) is 2.85. The van der Waals surface area contributed by atoms with E-state index < -0.39 is 0 Å². The van der Waals surface area contributed by atoms with Crippen LogP contribution in [0.25, 0.3) is 0 Å². The zero-order chi connectivity index (χ0) is 11.2. The van der Waals surface area contributed by atoms with Crippen molar-refractivity contribution in [3.8, 4) is 0 Å². The van der Waals surface area contributed by atoms with Gasteiger partial charge < -0.3 is 4.74 Å². The highest BCUT2D eigenvalue weighted by atomic mass is 32.1. The van der Waals surface area contributed by atoms with Crippen molar-refractivity contribution in [2.45, 2.75) is 44.6 Å². The molecule has 1 aromatic rings. The minimum Gasteiger partial charge on any atom is -0.378 e. The molecule has 1 fully saturated rings. The molecule has 1 aliphatic heterocycles. The fourth-order valence-electron chi connectivity index (χ4n) is 1.95. The van der Waals surface area contributed by atoms with Gasteiger partial charge in [-0.15, -0.1) is 11.3 Å². The van der Waals surface area contributed by atoms with Gasteiger partial charge in [0.2, 0.25) is 0 Å². The van der Waals surface area contributed by atoms with Gasteiger partial charge in [0.25, 0.3) is 0 Å². The Morgan fingerprint density at radius 2 is 2.50 bits per heavy atom. The molecule has 1 aromatic heterocycles. The van der Waals surface area contributed by atoms with E-state index in [1.54, 1.807) is 17.5 Å². The predicted molar refractivity (Wildman–Crippen MR) is 63.7 cm³/mol. The molecular formula is C12H17NO2S. The van der Waals surface area contributed by atoms with Gasteiger partial charge in [-0.2, -0.15) is 0 Å². The van der Waals surface area contributed by atoms with Crippen molar-refractivity contribution in [3.63, 3.8) is 0 Å². The van der Waals surface area contributed by atoms with Gasteiger partial charge in [-0.05, 0) is 25.7 Å². The molecule has 2 heterocycles. The first kappa shape index (κ1) is 11.7. The number of nitrogens with zero attached hydrogens (tertiary/aromatic N) is 1. The molecule has 0 spiro atoms. The fraction of sp³-hybridized carbons (Fsp3) is 0.667. The van der Waals surface area contributed by atoms with E-state index in [2.05, 4.69) is 4.98 Å². The van der Waals surface area contributed by atoms with Crippen molar-refractivity contribution in [1.82, 2.24) is 4.98 Å². The number of hydrogen-bond acceptors (Lipinski definition) is 4. The lowest BCUT2D eigenvalue weighted by molar-refractivity contribution is -0.119. The SMILES string of the molecule is O=C(CCC1CCCCO1)Cc1nccs1. The van der Waals surface area contributed by atoms with E-state index in [1.807, 2.05) is 5.38 Å². The molecule has 1 atom stereocenters. The van der Waals surface area contributed by atoms with Gasteiger partial charge in [-0.25, -0.2) is 4.98 Å². The number of aromatic nitrogens is 1. The van der Waals surface area contributed by atoms with Crippen molar-refractivity contribution in [2.75, 3.05) is 6.61 Å². The van der Waals surface area contributed by atoms with Crippen LogP contribution in [0.2, 0.25) is 0 Å². The topological polar surface area (TPSA) is 39.2 Å². The van der Waals surface area contributed by atoms with Crippen molar-refractivity contribution in [2.24, 2.45) is 0 Å². The number of hydrogen-bond donors (Lipinski definition) is 0. The molecule has 1 aliphatic rings. The van der Waals surface area contributed by atoms with Gasteiger partial charge in [0.1, 0.15) is 5.78 Å². The summed E-state index contributed by atoms with van der Waals surface area (Å²) >= 11 is 1.55. The van der Waals surface area contributed by atoms with E-state index in [-0.39, 0.29) is 5.78 Å². The monoisotopic (exact) mass is 239 g/mol. The number of rotatable bonds is 5. The second-order valence-corrected chi connectivity index (χ2v) is 5.15. The van der Waals surface area contributed by atoms with Crippen LogP contribution >= 0.6 is 11.3 Å². The minimum atomic E-state index is 0.282. The summed E-state index contributed by atoms with van der Waals surface area (Å²) < 4.78 is 5.60. The van der Waals surface area contributed by atoms with Crippen LogP contribution in [0.4, 0.5) is 0 Å². The molecule has 0 bridgehead atoms. The lowest BCUT2D eigenvalue weighted by Crippen LogP contribution is -2.20. The molecule has 0 aliphatic carbocycles. The summed E-state index contributed by atoms with van der Waals surface area (Å²) in [5, 5.41) is 2.84. The summed E-state index contributed by atoms with van der Waals surface area (Å²) in [5.74, 6) is 0.282. The lowest BCUT2D eigenvalue weighted by atomic mass is 10.0. The van der Waals surface area contributed by atoms with Crippen molar-refractivity contribution in [1.29, 1.82) is 0 Å². The molecule has 16 heavy (non-hydrogen) atoms. The molecule has 0 radical (unpaired) electrons. The smallest absolute Gasteiger partial charge is 0.139 e. The maximum Gasteiger partial charge on any atom is 0.139 e. The van der Waals surface area contributed by atoms with E-state index >= 15 is 0 Å². The zero-order valence-electron chi connectivity index (χ0n) is 9.35. The van der Waals surface area contributed by atoms with Gasteiger partial charge in [0.15, 0.2) is 0 Å². The Labute approximate surface area is 99.8 Å². The Hall–Kier alpha value is -0.740. The van der Waals surface area contributed by atoms with Gasteiger partial charge >= 0.3 is 0 Å². The minimum absolute atomic E-state index is 0.282. The number of ether oxygens (including phenoxy) is 1. The molecular weight excluding hydrogens is 222 g/mol. The van der Waals surface area contributed by atoms with Crippen LogP contribution < -0.4 is 0 Å². The predicted octanol–water partition coefficient (Wildman–Crippen LogP) is 2.60. The average Bonchev–Trinajstić information content (AvgIpc) is 2.81. The van der Waals surface area contributed by atoms with E-state index in [0.717, 1.165) is 24.5 Å². The van der Waals surface area contributed by atoms with Crippen LogP contribution in [0.1, 0.15) is 37.1 Å². The quantitative estimate of drug-likeness (QED) is 0.793. The van der Waals surface area contributed by atoms with Crippen molar-refractivity contribution in [3.05, 3.63) is 16.6 Å². The fourth-order valence-corrected chi connectivity index (χ4v) is 2.60. The van der Waals surface area contributed by atoms with Crippen LogP contribution in [-0.2, 0) is 16.0 Å². The largest absolute Gasteiger partial charge is 0.378 e. The standard InChI is InChI=1S/C12H17NO2S/c14-10(9-12-13-6-8-16-12)4-5-11-3-1-2-7-15-11/h6,8,11H,1-5,7,9H2. The van der Waals surface area contributed by atoms with Gasteiger partial charge in [-0.3, -0.25) is 4.79 Å². The molecule has 2 rings (SSSR count). The Balaban J connectivity index is 1.67. The van der Waals surface area contributed by atoms with Crippen LogP contribution in [-0.4, -0.2) is 23.5 Å². The second kappa shape index (κ2) is 6.11. The van der Waals surface area contributed by atoms with E-state index in [1.165, 1.54) is 12.8 Å². The van der Waals surface area contributed by atoms with Gasteiger partial charge in [0, 0.05) is 24.6 Å². The summed E-state index contributed by atoms with van der Waals surface area (Å²) in [6, 6.07) is 0. The van der Waals surface area contributed by atoms with E-state index in [9.17, 15) is 4.79 Å². The molecule has 4 heteroatoms. The Morgan fingerprint density at radius 3 is 3.19 bits per heavy atom. The molecule has 1 unspecified atom stereocenters. The number of thiazole rings is 1. The van der Waals surface area contributed by atoms with Crippen LogP contribution in [0.5, 0.6) is 0 Å². The maximum atomic E-state index is 11.7. The van der Waals surface area contributed by atoms with E-state index in [4.69, 9.17) is 4.74 Å². The Morgan fingerprint density at radius 1 is 1.56 bits per heavy atom. The molecule has 88 valence electrons. The van der Waals surface area contributed by atoms with Crippen LogP contribution in [0.15, 0.2) is 11.6 Å². The lowest BCUT2D eigenvalue weighted by Gasteiger charge is -2.21. The average molecular weight is 239 g/mol. The summed E-state index contributed by atoms with van der Waals surface area (Å²) in [6.45, 7) is 0.866. The summed E-state index contributed by atoms with van der Waals surface area (Å²) in [6.07, 6.45) is 7.59. The molecule has 0 N–H and O–H groups in total. The summed E-state index contributed by atoms with van der Waals surface area (Å²) in [7, 11) is 0. The molecule has 1 saturated heterocycles. The van der Waals surface area contributed by atoms with Gasteiger partial charge in [0.05, 0.1) is 17.5 Å². The molecule has 0 aromatic carbocycles. The zero-order valence-corrected chi connectivity index (χ0v) is 10.2. The number of Topliss-reactive ketones (excluding diaryl/α,β-unsaturated/α-hetero) is 1. The highest BCUT2D eigenvalue weighted by Crippen LogP contribution is 2.17. The Kier molecular flexibility index (Phi) is 4.48. The Bertz CT molecular complexity index is 318. The number of carbonyl (C=O) groups excluding carboxylic acids is 1. The third-order valence-corrected chi connectivity index (χ3v) is 3.63. The summed E-state index contributed by atoms with van der Waals surface area (Å²) in [4.78, 5) is 15.8. The first-order chi connectivity index (χ1) is 7.84. The molecule has 0 saturated carbocycles. The molecule has 3 nitrogen and oxygen atoms in total. The van der Waals surface area contributed by atoms with Gasteiger partial charge in [-0.1, -0.05) is 0 Å². The van der Waals surface area contributed by atoms with Crippen LogP contribution in [0, 0.1) is 0 Å². The maximum absolute atomic E-state index is 11.7. The second-order valence-electron chi connectivity index (χ2n) is 4.17. The van der Waals surface area contributed by atoms with E-state index in [0.29, 0.717) is 18.9 Å². The first-order valence-electron chi connectivity index (χ1n) is 5.86. The molecule has 0 amide bonds. The van der Waals surface area contributed by atoms with Crippen LogP contribution in [0.3, 0.4) is 0 Å².